The van der Waals surface area contributed by atoms with Gasteiger partial charge in [-0.2, -0.15) is 0 Å². The number of phenolic OH excluding ortho intramolecular Hbond substituents is 2. The minimum absolute atomic E-state index is 0.00341. The standard InChI is InChI=1S/C10H7BrN2O3S/c11-8-4-12-10(17-8)13-9(16)6-3-5(14)1-2-7(6)15/h1-4,14-15H,(H,12,13,16). The summed E-state index contributed by atoms with van der Waals surface area (Å²) in [4.78, 5) is 15.7. The van der Waals surface area contributed by atoms with E-state index in [1.165, 1.54) is 29.5 Å². The summed E-state index contributed by atoms with van der Waals surface area (Å²) in [7, 11) is 0. The summed E-state index contributed by atoms with van der Waals surface area (Å²) in [6.45, 7) is 0. The summed E-state index contributed by atoms with van der Waals surface area (Å²) >= 11 is 4.47. The molecular weight excluding hydrogens is 308 g/mol. The van der Waals surface area contributed by atoms with E-state index in [4.69, 9.17) is 0 Å². The van der Waals surface area contributed by atoms with Gasteiger partial charge < -0.3 is 10.2 Å². The molecule has 88 valence electrons. The van der Waals surface area contributed by atoms with Crippen molar-refractivity contribution in [2.45, 2.75) is 0 Å². The summed E-state index contributed by atoms with van der Waals surface area (Å²) in [5, 5.41) is 21.7. The number of hydrogen-bond acceptors (Lipinski definition) is 5. The summed E-state index contributed by atoms with van der Waals surface area (Å²) < 4.78 is 0.785. The number of halogens is 1. The van der Waals surface area contributed by atoms with E-state index in [0.29, 0.717) is 5.13 Å². The maximum atomic E-state index is 11.8. The fourth-order valence-corrected chi connectivity index (χ4v) is 2.28. The van der Waals surface area contributed by atoms with Crippen molar-refractivity contribution in [1.29, 1.82) is 0 Å². The normalized spacial score (nSPS) is 10.2. The molecule has 17 heavy (non-hydrogen) atoms. The van der Waals surface area contributed by atoms with Crippen molar-refractivity contribution in [2.24, 2.45) is 0 Å². The number of anilines is 1. The van der Waals surface area contributed by atoms with Gasteiger partial charge in [0.2, 0.25) is 0 Å². The number of nitrogens with zero attached hydrogens (tertiary/aromatic N) is 1. The molecule has 0 aliphatic carbocycles. The number of phenols is 2. The highest BCUT2D eigenvalue weighted by molar-refractivity contribution is 9.11. The van der Waals surface area contributed by atoms with Gasteiger partial charge in [0.15, 0.2) is 5.13 Å². The molecule has 5 nitrogen and oxygen atoms in total. The first-order valence-electron chi connectivity index (χ1n) is 4.51. The molecule has 0 bridgehead atoms. The zero-order chi connectivity index (χ0) is 12.4. The largest absolute Gasteiger partial charge is 0.508 e. The van der Waals surface area contributed by atoms with Crippen LogP contribution in [0.5, 0.6) is 11.5 Å². The average Bonchev–Trinajstić information content (AvgIpc) is 2.67. The molecule has 1 heterocycles. The van der Waals surface area contributed by atoms with Crippen LogP contribution in [0, 0.1) is 0 Å². The number of aromatic nitrogens is 1. The first-order valence-corrected chi connectivity index (χ1v) is 6.12. The van der Waals surface area contributed by atoms with Crippen LogP contribution in [0.3, 0.4) is 0 Å². The van der Waals surface area contributed by atoms with Gasteiger partial charge in [0.1, 0.15) is 11.5 Å². The lowest BCUT2D eigenvalue weighted by atomic mass is 10.2. The lowest BCUT2D eigenvalue weighted by Crippen LogP contribution is -2.11. The summed E-state index contributed by atoms with van der Waals surface area (Å²) in [6.07, 6.45) is 1.56. The topological polar surface area (TPSA) is 82.5 Å². The van der Waals surface area contributed by atoms with E-state index in [2.05, 4.69) is 26.2 Å². The van der Waals surface area contributed by atoms with Crippen LogP contribution in [0.2, 0.25) is 0 Å². The van der Waals surface area contributed by atoms with Gasteiger partial charge in [-0.1, -0.05) is 11.3 Å². The van der Waals surface area contributed by atoms with Crippen molar-refractivity contribution in [3.8, 4) is 11.5 Å². The number of nitrogens with one attached hydrogen (secondary N) is 1. The van der Waals surface area contributed by atoms with Crippen LogP contribution in [-0.2, 0) is 0 Å². The van der Waals surface area contributed by atoms with Crippen LogP contribution < -0.4 is 5.32 Å². The lowest BCUT2D eigenvalue weighted by Gasteiger charge is -2.04. The molecule has 0 spiro atoms. The predicted molar refractivity (Wildman–Crippen MR) is 67.5 cm³/mol. The molecule has 1 aromatic heterocycles. The van der Waals surface area contributed by atoms with Crippen LogP contribution in [0.4, 0.5) is 5.13 Å². The quantitative estimate of drug-likeness (QED) is 0.744. The van der Waals surface area contributed by atoms with Gasteiger partial charge >= 0.3 is 0 Å². The molecule has 0 saturated heterocycles. The van der Waals surface area contributed by atoms with Crippen molar-refractivity contribution in [3.05, 3.63) is 33.7 Å². The van der Waals surface area contributed by atoms with E-state index in [-0.39, 0.29) is 17.1 Å². The molecule has 1 amide bonds. The number of benzene rings is 1. The van der Waals surface area contributed by atoms with Crippen molar-refractivity contribution in [2.75, 3.05) is 5.32 Å². The molecule has 0 aliphatic heterocycles. The molecule has 3 N–H and O–H groups in total. The first-order chi connectivity index (χ1) is 8.06. The van der Waals surface area contributed by atoms with E-state index in [0.717, 1.165) is 3.79 Å². The number of rotatable bonds is 2. The summed E-state index contributed by atoms with van der Waals surface area (Å²) in [6, 6.07) is 3.74. The third-order valence-corrected chi connectivity index (χ3v) is 3.31. The van der Waals surface area contributed by atoms with E-state index in [9.17, 15) is 15.0 Å². The molecule has 0 unspecified atom stereocenters. The van der Waals surface area contributed by atoms with Gasteiger partial charge in [0, 0.05) is 0 Å². The first kappa shape index (κ1) is 11.9. The monoisotopic (exact) mass is 314 g/mol. The number of hydrogen-bond donors (Lipinski definition) is 3. The molecule has 0 saturated carbocycles. The van der Waals surface area contributed by atoms with E-state index in [1.54, 1.807) is 6.20 Å². The molecule has 2 rings (SSSR count). The van der Waals surface area contributed by atoms with Crippen LogP contribution in [0.1, 0.15) is 10.4 Å². The third-order valence-electron chi connectivity index (χ3n) is 1.92. The van der Waals surface area contributed by atoms with Crippen LogP contribution >= 0.6 is 27.3 Å². The summed E-state index contributed by atoms with van der Waals surface area (Å²) in [5.74, 6) is -0.815. The molecule has 0 aliphatic rings. The van der Waals surface area contributed by atoms with Crippen LogP contribution in [0.15, 0.2) is 28.2 Å². The minimum Gasteiger partial charge on any atom is -0.508 e. The fraction of sp³-hybridized carbons (Fsp3) is 0. The maximum Gasteiger partial charge on any atom is 0.261 e. The highest BCUT2D eigenvalue weighted by Crippen LogP contribution is 2.26. The maximum absolute atomic E-state index is 11.8. The second-order valence-corrected chi connectivity index (χ2v) is 5.53. The Hall–Kier alpha value is -1.60. The van der Waals surface area contributed by atoms with Crippen molar-refractivity contribution < 1.29 is 15.0 Å². The zero-order valence-electron chi connectivity index (χ0n) is 8.35. The van der Waals surface area contributed by atoms with Crippen molar-refractivity contribution >= 4 is 38.3 Å². The van der Waals surface area contributed by atoms with Gasteiger partial charge in [-0.3, -0.25) is 10.1 Å². The smallest absolute Gasteiger partial charge is 0.261 e. The molecule has 0 radical (unpaired) electrons. The fourth-order valence-electron chi connectivity index (χ4n) is 1.18. The third kappa shape index (κ3) is 2.75. The van der Waals surface area contributed by atoms with Gasteiger partial charge in [-0.25, -0.2) is 4.98 Å². The molecule has 2 aromatic rings. The predicted octanol–water partition coefficient (Wildman–Crippen LogP) is 2.57. The Bertz CT molecular complexity index is 570. The Balaban J connectivity index is 2.22. The summed E-state index contributed by atoms with van der Waals surface area (Å²) in [5.41, 5.74) is -0.00341. The van der Waals surface area contributed by atoms with Gasteiger partial charge in [0.05, 0.1) is 15.5 Å². The molecular formula is C10H7BrN2O3S. The van der Waals surface area contributed by atoms with Gasteiger partial charge in [0.25, 0.3) is 5.91 Å². The Morgan fingerprint density at radius 1 is 1.41 bits per heavy atom. The molecule has 0 fully saturated rings. The second kappa shape index (κ2) is 4.72. The average molecular weight is 315 g/mol. The zero-order valence-corrected chi connectivity index (χ0v) is 10.7. The van der Waals surface area contributed by atoms with E-state index >= 15 is 0 Å². The Morgan fingerprint density at radius 3 is 2.82 bits per heavy atom. The Kier molecular flexibility index (Phi) is 3.30. The lowest BCUT2D eigenvalue weighted by molar-refractivity contribution is 0.102. The number of carbonyl (C=O) groups excluding carboxylic acids is 1. The van der Waals surface area contributed by atoms with Crippen molar-refractivity contribution in [3.63, 3.8) is 0 Å². The minimum atomic E-state index is -0.528. The number of amides is 1. The second-order valence-electron chi connectivity index (χ2n) is 3.13. The SMILES string of the molecule is O=C(Nc1ncc(Br)s1)c1cc(O)ccc1O. The Labute approximate surface area is 109 Å². The highest BCUT2D eigenvalue weighted by Gasteiger charge is 2.13. The number of thiazole rings is 1. The Morgan fingerprint density at radius 2 is 2.18 bits per heavy atom. The van der Waals surface area contributed by atoms with Crippen LogP contribution in [-0.4, -0.2) is 21.1 Å². The van der Waals surface area contributed by atoms with Gasteiger partial charge in [-0.05, 0) is 34.1 Å². The van der Waals surface area contributed by atoms with Crippen molar-refractivity contribution in [1.82, 2.24) is 4.98 Å². The molecule has 1 aromatic carbocycles. The van der Waals surface area contributed by atoms with E-state index in [1.807, 2.05) is 0 Å². The van der Waals surface area contributed by atoms with Gasteiger partial charge in [-0.15, -0.1) is 0 Å². The van der Waals surface area contributed by atoms with Crippen LogP contribution in [0.25, 0.3) is 0 Å². The highest BCUT2D eigenvalue weighted by atomic mass is 79.9. The molecule has 0 atom stereocenters. The number of aromatic hydroxyl groups is 2. The van der Waals surface area contributed by atoms with E-state index < -0.39 is 5.91 Å². The molecule has 7 heteroatoms. The number of carbonyl (C=O) groups is 1.